The van der Waals surface area contributed by atoms with Crippen molar-refractivity contribution < 1.29 is 0 Å². The summed E-state index contributed by atoms with van der Waals surface area (Å²) in [5.74, 6) is 0.673. The van der Waals surface area contributed by atoms with Crippen LogP contribution in [0, 0.1) is 0 Å². The summed E-state index contributed by atoms with van der Waals surface area (Å²) in [6.07, 6.45) is 0. The largest absolute Gasteiger partial charge is 0.278 e. The molecule has 10 aromatic rings. The molecule has 0 unspecified atom stereocenters. The molecule has 0 aliphatic carbocycles. The Morgan fingerprint density at radius 1 is 0.383 bits per heavy atom. The number of para-hydroxylation sites is 2. The lowest BCUT2D eigenvalue weighted by Crippen LogP contribution is -2.03. The third-order valence-corrected chi connectivity index (χ3v) is 9.58. The normalized spacial score (nSPS) is 11.8. The number of benzene rings is 8. The van der Waals surface area contributed by atoms with Crippen molar-refractivity contribution in [3.8, 4) is 28.3 Å². The molecule has 0 spiro atoms. The molecular formula is C44H27N3. The first-order valence-corrected chi connectivity index (χ1v) is 16.0. The molecule has 0 N–H and O–H groups in total. The minimum Gasteiger partial charge on any atom is -0.278 e. The fourth-order valence-electron chi connectivity index (χ4n) is 7.53. The number of nitrogens with zero attached hydrogens (tertiary/aromatic N) is 3. The lowest BCUT2D eigenvalue weighted by Gasteiger charge is -2.14. The van der Waals surface area contributed by atoms with E-state index in [0.29, 0.717) is 5.95 Å². The molecule has 0 atom stereocenters. The summed E-state index contributed by atoms with van der Waals surface area (Å²) in [6, 6.07) is 58.4. The van der Waals surface area contributed by atoms with Crippen molar-refractivity contribution in [2.75, 3.05) is 0 Å². The van der Waals surface area contributed by atoms with Gasteiger partial charge in [-0.15, -0.1) is 0 Å². The van der Waals surface area contributed by atoms with Crippen LogP contribution in [0.1, 0.15) is 0 Å². The first-order valence-electron chi connectivity index (χ1n) is 16.0. The van der Waals surface area contributed by atoms with Crippen molar-refractivity contribution >= 4 is 65.0 Å². The molecule has 0 aliphatic rings. The maximum Gasteiger partial charge on any atom is 0.235 e. The van der Waals surface area contributed by atoms with Crippen LogP contribution in [0.2, 0.25) is 0 Å². The van der Waals surface area contributed by atoms with E-state index in [4.69, 9.17) is 9.97 Å². The minimum absolute atomic E-state index is 0.673. The van der Waals surface area contributed by atoms with Gasteiger partial charge in [-0.25, -0.2) is 9.97 Å². The molecule has 47 heavy (non-hydrogen) atoms. The molecule has 10 rings (SSSR count). The quantitative estimate of drug-likeness (QED) is 0.190. The van der Waals surface area contributed by atoms with E-state index in [0.717, 1.165) is 33.2 Å². The van der Waals surface area contributed by atoms with E-state index in [9.17, 15) is 0 Å². The highest BCUT2D eigenvalue weighted by Gasteiger charge is 2.20. The van der Waals surface area contributed by atoms with Crippen molar-refractivity contribution in [2.24, 2.45) is 0 Å². The number of hydrogen-bond acceptors (Lipinski definition) is 2. The molecule has 0 fully saturated rings. The fourth-order valence-corrected chi connectivity index (χ4v) is 7.53. The number of hydrogen-bond donors (Lipinski definition) is 0. The van der Waals surface area contributed by atoms with Gasteiger partial charge in [0.25, 0.3) is 0 Å². The zero-order valence-electron chi connectivity index (χ0n) is 25.4. The van der Waals surface area contributed by atoms with Gasteiger partial charge in [-0.2, -0.15) is 0 Å². The number of rotatable bonds is 3. The number of aromatic nitrogens is 3. The van der Waals surface area contributed by atoms with Crippen LogP contribution in [-0.2, 0) is 0 Å². The van der Waals surface area contributed by atoms with Gasteiger partial charge in [-0.3, -0.25) is 4.57 Å². The highest BCUT2D eigenvalue weighted by molar-refractivity contribution is 6.30. The van der Waals surface area contributed by atoms with Gasteiger partial charge < -0.3 is 0 Å². The molecule has 0 amide bonds. The first kappa shape index (κ1) is 26.0. The molecule has 0 bridgehead atoms. The molecule has 0 saturated carbocycles. The lowest BCUT2D eigenvalue weighted by molar-refractivity contribution is 1.01. The van der Waals surface area contributed by atoms with Gasteiger partial charge in [0.2, 0.25) is 5.95 Å². The highest BCUT2D eigenvalue weighted by Crippen LogP contribution is 2.43. The third-order valence-electron chi connectivity index (χ3n) is 9.58. The molecule has 218 valence electrons. The van der Waals surface area contributed by atoms with Gasteiger partial charge in [0.1, 0.15) is 0 Å². The van der Waals surface area contributed by atoms with E-state index >= 15 is 0 Å². The van der Waals surface area contributed by atoms with Crippen molar-refractivity contribution in [2.45, 2.75) is 0 Å². The van der Waals surface area contributed by atoms with Crippen LogP contribution in [0.4, 0.5) is 0 Å². The Hall–Kier alpha value is -6.32. The molecule has 2 heterocycles. The summed E-state index contributed by atoms with van der Waals surface area (Å²) in [5, 5.41) is 11.0. The topological polar surface area (TPSA) is 30.7 Å². The van der Waals surface area contributed by atoms with Crippen molar-refractivity contribution in [3.63, 3.8) is 0 Å². The summed E-state index contributed by atoms with van der Waals surface area (Å²) in [6.45, 7) is 0. The third kappa shape index (κ3) is 3.87. The van der Waals surface area contributed by atoms with Gasteiger partial charge in [-0.1, -0.05) is 140 Å². The van der Waals surface area contributed by atoms with Crippen LogP contribution >= 0.6 is 0 Å². The maximum absolute atomic E-state index is 5.28. The molecule has 3 nitrogen and oxygen atoms in total. The predicted octanol–water partition coefficient (Wildman–Crippen LogP) is 11.5. The van der Waals surface area contributed by atoms with Gasteiger partial charge in [0.15, 0.2) is 0 Å². The van der Waals surface area contributed by atoms with E-state index < -0.39 is 0 Å². The Morgan fingerprint density at radius 3 is 1.79 bits per heavy atom. The first-order chi connectivity index (χ1) is 23.3. The molecular weight excluding hydrogens is 571 g/mol. The summed E-state index contributed by atoms with van der Waals surface area (Å²) in [5.41, 5.74) is 7.61. The summed E-state index contributed by atoms with van der Waals surface area (Å²) in [7, 11) is 0. The second kappa shape index (κ2) is 10.1. The molecule has 8 aromatic carbocycles. The Balaban J connectivity index is 1.31. The molecule has 3 heteroatoms. The summed E-state index contributed by atoms with van der Waals surface area (Å²) < 4.78 is 2.24. The van der Waals surface area contributed by atoms with E-state index in [1.165, 1.54) is 54.2 Å². The second-order valence-corrected chi connectivity index (χ2v) is 12.2. The monoisotopic (exact) mass is 597 g/mol. The van der Waals surface area contributed by atoms with Crippen LogP contribution in [0.5, 0.6) is 0 Å². The van der Waals surface area contributed by atoms with E-state index in [1.54, 1.807) is 0 Å². The van der Waals surface area contributed by atoms with Crippen LogP contribution in [0.3, 0.4) is 0 Å². The van der Waals surface area contributed by atoms with Gasteiger partial charge in [0.05, 0.1) is 22.2 Å². The molecule has 0 aliphatic heterocycles. The zero-order chi connectivity index (χ0) is 30.9. The van der Waals surface area contributed by atoms with Gasteiger partial charge in [-0.05, 0) is 67.7 Å². The van der Waals surface area contributed by atoms with Gasteiger partial charge in [0, 0.05) is 21.7 Å². The van der Waals surface area contributed by atoms with E-state index in [-0.39, 0.29) is 0 Å². The van der Waals surface area contributed by atoms with Crippen LogP contribution < -0.4 is 0 Å². The van der Waals surface area contributed by atoms with E-state index in [1.807, 2.05) is 12.1 Å². The molecule has 0 radical (unpaired) electrons. The summed E-state index contributed by atoms with van der Waals surface area (Å²) in [4.78, 5) is 10.4. The molecule has 0 saturated heterocycles. The SMILES string of the molecule is c1ccc(-c2nc(-n3c4ccccc4c4c5ccc6cc(-c7ccccc7)c7ccccc7c6c5ccc43)nc3ccccc23)cc1. The van der Waals surface area contributed by atoms with Crippen molar-refractivity contribution in [1.82, 2.24) is 14.5 Å². The second-order valence-electron chi connectivity index (χ2n) is 12.2. The average Bonchev–Trinajstić information content (AvgIpc) is 3.49. The average molecular weight is 598 g/mol. The van der Waals surface area contributed by atoms with Crippen LogP contribution in [0.15, 0.2) is 164 Å². The Bertz CT molecular complexity index is 2830. The predicted molar refractivity (Wildman–Crippen MR) is 197 cm³/mol. The standard InChI is InChI=1S/C44H27N3/c1-3-13-28(14-4-1)37-27-30-23-24-34-33(41(30)32-18-8-7-17-31(32)37)25-26-40-42(34)36-20-10-12-22-39(36)47(40)44-45-38-21-11-9-19-35(38)43(46-44)29-15-5-2-6-16-29/h1-27H. The minimum atomic E-state index is 0.673. The Labute approximate surface area is 271 Å². The van der Waals surface area contributed by atoms with Crippen LogP contribution in [0.25, 0.3) is 93.4 Å². The van der Waals surface area contributed by atoms with Gasteiger partial charge >= 0.3 is 0 Å². The zero-order valence-corrected chi connectivity index (χ0v) is 25.4. The molecule has 2 aromatic heterocycles. The Kier molecular flexibility index (Phi) is 5.57. The highest BCUT2D eigenvalue weighted by atomic mass is 15.2. The summed E-state index contributed by atoms with van der Waals surface area (Å²) >= 11 is 0. The smallest absolute Gasteiger partial charge is 0.235 e. The fraction of sp³-hybridized carbons (Fsp3) is 0. The lowest BCUT2D eigenvalue weighted by atomic mass is 9.90. The number of fused-ring (bicyclic) bond motifs is 10. The maximum atomic E-state index is 5.28. The van der Waals surface area contributed by atoms with Crippen molar-refractivity contribution in [1.29, 1.82) is 0 Å². The van der Waals surface area contributed by atoms with Crippen molar-refractivity contribution in [3.05, 3.63) is 164 Å². The van der Waals surface area contributed by atoms with Crippen LogP contribution in [-0.4, -0.2) is 14.5 Å². The van der Waals surface area contributed by atoms with E-state index in [2.05, 4.69) is 156 Å². The Morgan fingerprint density at radius 2 is 0.979 bits per heavy atom.